The summed E-state index contributed by atoms with van der Waals surface area (Å²) < 4.78 is 16.4. The van der Waals surface area contributed by atoms with Gasteiger partial charge in [0.05, 0.1) is 19.8 Å². The number of carbonyl (C=O) groups is 1. The lowest BCUT2D eigenvalue weighted by atomic mass is 10.0. The predicted octanol–water partition coefficient (Wildman–Crippen LogP) is 3.27. The van der Waals surface area contributed by atoms with E-state index >= 15 is 0 Å². The van der Waals surface area contributed by atoms with Crippen LogP contribution in [0.3, 0.4) is 0 Å². The average Bonchev–Trinajstić information content (AvgIpc) is 2.66. The molecule has 0 aliphatic rings. The molecule has 0 heterocycles. The van der Waals surface area contributed by atoms with Crippen LogP contribution in [0.2, 0.25) is 0 Å². The number of nitrogens with zero attached hydrogens (tertiary/aromatic N) is 1. The van der Waals surface area contributed by atoms with Crippen molar-refractivity contribution in [1.82, 2.24) is 4.90 Å². The second-order valence-corrected chi connectivity index (χ2v) is 6.12. The molecule has 0 atom stereocenters. The third-order valence-electron chi connectivity index (χ3n) is 3.95. The zero-order valence-corrected chi connectivity index (χ0v) is 16.1. The summed E-state index contributed by atoms with van der Waals surface area (Å²) >= 11 is 0. The van der Waals surface area contributed by atoms with Crippen LogP contribution < -0.4 is 14.2 Å². The molecule has 144 valence electrons. The highest BCUT2D eigenvalue weighted by Gasteiger charge is 2.15. The lowest BCUT2D eigenvalue weighted by molar-refractivity contribution is -0.130. The fourth-order valence-electron chi connectivity index (χ4n) is 2.49. The van der Waals surface area contributed by atoms with Crippen LogP contribution in [0.5, 0.6) is 17.2 Å². The Morgan fingerprint density at radius 3 is 2.33 bits per heavy atom. The molecule has 0 radical (unpaired) electrons. The van der Waals surface area contributed by atoms with E-state index in [0.29, 0.717) is 35.0 Å². The molecule has 0 aromatic heterocycles. The third-order valence-corrected chi connectivity index (χ3v) is 3.95. The molecule has 1 N–H and O–H groups in total. The first-order chi connectivity index (χ1) is 13.0. The van der Waals surface area contributed by atoms with Gasteiger partial charge in [-0.15, -0.1) is 0 Å². The molecular weight excluding hydrogens is 346 g/mol. The van der Waals surface area contributed by atoms with E-state index in [0.717, 1.165) is 6.54 Å². The Bertz CT molecular complexity index is 797. The number of methoxy groups -OCH3 is 2. The molecule has 0 unspecified atom stereocenters. The van der Waals surface area contributed by atoms with Crippen LogP contribution >= 0.6 is 0 Å². The van der Waals surface area contributed by atoms with E-state index in [4.69, 9.17) is 14.2 Å². The van der Waals surface area contributed by atoms with E-state index in [1.807, 2.05) is 19.0 Å². The van der Waals surface area contributed by atoms with E-state index in [-0.39, 0.29) is 5.57 Å². The van der Waals surface area contributed by atoms with Crippen molar-refractivity contribution in [2.75, 3.05) is 41.5 Å². The van der Waals surface area contributed by atoms with E-state index in [1.54, 1.807) is 62.8 Å². The summed E-state index contributed by atoms with van der Waals surface area (Å²) in [5, 5.41) is 9.70. The minimum atomic E-state index is -1.03. The van der Waals surface area contributed by atoms with Gasteiger partial charge in [0.15, 0.2) is 11.5 Å². The number of carboxylic acid groups (broad SMARTS) is 1. The molecule has 27 heavy (non-hydrogen) atoms. The van der Waals surface area contributed by atoms with Gasteiger partial charge in [-0.2, -0.15) is 0 Å². The molecule has 6 nitrogen and oxygen atoms in total. The van der Waals surface area contributed by atoms with Crippen LogP contribution in [-0.4, -0.2) is 57.4 Å². The quantitative estimate of drug-likeness (QED) is 0.539. The van der Waals surface area contributed by atoms with Crippen molar-refractivity contribution in [3.63, 3.8) is 0 Å². The van der Waals surface area contributed by atoms with E-state index in [2.05, 4.69) is 0 Å². The van der Waals surface area contributed by atoms with Gasteiger partial charge in [-0.1, -0.05) is 24.3 Å². The third kappa shape index (κ3) is 5.49. The van der Waals surface area contributed by atoms with Gasteiger partial charge in [0.25, 0.3) is 0 Å². The lowest BCUT2D eigenvalue weighted by Crippen LogP contribution is -2.19. The second-order valence-electron chi connectivity index (χ2n) is 6.12. The summed E-state index contributed by atoms with van der Waals surface area (Å²) in [7, 11) is 7.04. The van der Waals surface area contributed by atoms with Crippen LogP contribution in [0, 0.1) is 0 Å². The first kappa shape index (κ1) is 20.3. The van der Waals surface area contributed by atoms with Crippen LogP contribution in [0.25, 0.3) is 11.6 Å². The molecule has 0 spiro atoms. The summed E-state index contributed by atoms with van der Waals surface area (Å²) in [5.74, 6) is 0.718. The summed E-state index contributed by atoms with van der Waals surface area (Å²) in [6.45, 7) is 1.19. The fourth-order valence-corrected chi connectivity index (χ4v) is 2.49. The largest absolute Gasteiger partial charge is 0.497 e. The Labute approximate surface area is 159 Å². The van der Waals surface area contributed by atoms with Gasteiger partial charge >= 0.3 is 5.97 Å². The predicted molar refractivity (Wildman–Crippen MR) is 106 cm³/mol. The van der Waals surface area contributed by atoms with Crippen LogP contribution in [0.15, 0.2) is 42.5 Å². The Kier molecular flexibility index (Phi) is 7.25. The van der Waals surface area contributed by atoms with Gasteiger partial charge in [-0.25, -0.2) is 4.79 Å². The molecule has 0 aliphatic carbocycles. The number of hydrogen-bond donors (Lipinski definition) is 1. The first-order valence-electron chi connectivity index (χ1n) is 8.50. The number of rotatable bonds is 9. The summed E-state index contributed by atoms with van der Waals surface area (Å²) in [6, 6.07) is 12.3. The van der Waals surface area contributed by atoms with E-state index in [1.165, 1.54) is 0 Å². The number of ether oxygens (including phenoxy) is 3. The van der Waals surface area contributed by atoms with Crippen molar-refractivity contribution in [2.24, 2.45) is 0 Å². The average molecular weight is 371 g/mol. The monoisotopic (exact) mass is 371 g/mol. The van der Waals surface area contributed by atoms with Gasteiger partial charge in [0.2, 0.25) is 0 Å². The van der Waals surface area contributed by atoms with E-state index in [9.17, 15) is 9.90 Å². The van der Waals surface area contributed by atoms with Crippen molar-refractivity contribution in [2.45, 2.75) is 0 Å². The Morgan fingerprint density at radius 1 is 1.07 bits per heavy atom. The number of aliphatic carboxylic acids is 1. The molecule has 2 rings (SSSR count). The highest BCUT2D eigenvalue weighted by Crippen LogP contribution is 2.34. The van der Waals surface area contributed by atoms with Gasteiger partial charge in [-0.3, -0.25) is 0 Å². The Morgan fingerprint density at radius 2 is 1.78 bits per heavy atom. The molecule has 2 aromatic rings. The maximum atomic E-state index is 11.8. The van der Waals surface area contributed by atoms with Crippen molar-refractivity contribution in [1.29, 1.82) is 0 Å². The molecule has 0 saturated heterocycles. The maximum absolute atomic E-state index is 11.8. The molecular formula is C21H25NO5. The van der Waals surface area contributed by atoms with Crippen molar-refractivity contribution < 1.29 is 24.1 Å². The maximum Gasteiger partial charge on any atom is 0.336 e. The number of benzene rings is 2. The number of likely N-dealkylation sites (N-methyl/N-ethyl adjacent to an activating group) is 1. The lowest BCUT2D eigenvalue weighted by Gasteiger charge is -2.16. The minimum Gasteiger partial charge on any atom is -0.497 e. The molecule has 2 aromatic carbocycles. The van der Waals surface area contributed by atoms with Crippen molar-refractivity contribution >= 4 is 17.6 Å². The standard InChI is InChI=1S/C21H25NO5/c1-22(2)12-13-27-20-16(6-5-7-19(20)26-4)14-18(21(23)24)15-8-10-17(25-3)11-9-15/h5-11,14H,12-13H2,1-4H3,(H,23,24)/b18-14-. The zero-order valence-electron chi connectivity index (χ0n) is 16.1. The summed E-state index contributed by atoms with van der Waals surface area (Å²) in [6.07, 6.45) is 1.59. The fraction of sp³-hybridized carbons (Fsp3) is 0.286. The van der Waals surface area contributed by atoms with Gasteiger partial charge in [0.1, 0.15) is 12.4 Å². The zero-order chi connectivity index (χ0) is 19.8. The molecule has 0 bridgehead atoms. The molecule has 0 aliphatic heterocycles. The number of carboxylic acids is 1. The molecule has 0 amide bonds. The van der Waals surface area contributed by atoms with Gasteiger partial charge in [0, 0.05) is 12.1 Å². The van der Waals surface area contributed by atoms with Gasteiger partial charge in [-0.05, 0) is 43.9 Å². The Balaban J connectivity index is 2.44. The highest BCUT2D eigenvalue weighted by atomic mass is 16.5. The topological polar surface area (TPSA) is 68.2 Å². The highest BCUT2D eigenvalue weighted by molar-refractivity contribution is 6.20. The normalized spacial score (nSPS) is 11.4. The number of para-hydroxylation sites is 1. The minimum absolute atomic E-state index is 0.156. The van der Waals surface area contributed by atoms with Crippen molar-refractivity contribution in [3.8, 4) is 17.2 Å². The SMILES string of the molecule is COc1ccc(/C(=C/c2cccc(OC)c2OCCN(C)C)C(=O)O)cc1. The van der Waals surface area contributed by atoms with Gasteiger partial charge < -0.3 is 24.2 Å². The van der Waals surface area contributed by atoms with Crippen LogP contribution in [0.4, 0.5) is 0 Å². The van der Waals surface area contributed by atoms with E-state index < -0.39 is 5.97 Å². The van der Waals surface area contributed by atoms with Crippen LogP contribution in [0.1, 0.15) is 11.1 Å². The number of hydrogen-bond acceptors (Lipinski definition) is 5. The van der Waals surface area contributed by atoms with Crippen molar-refractivity contribution in [3.05, 3.63) is 53.6 Å². The Hall–Kier alpha value is -2.99. The molecule has 0 saturated carbocycles. The summed E-state index contributed by atoms with van der Waals surface area (Å²) in [4.78, 5) is 13.9. The molecule has 6 heteroatoms. The first-order valence-corrected chi connectivity index (χ1v) is 8.50. The second kappa shape index (κ2) is 9.64. The van der Waals surface area contributed by atoms with Crippen LogP contribution in [-0.2, 0) is 4.79 Å². The summed E-state index contributed by atoms with van der Waals surface area (Å²) in [5.41, 5.74) is 1.37. The smallest absolute Gasteiger partial charge is 0.336 e. The molecule has 0 fully saturated rings.